The van der Waals surface area contributed by atoms with Crippen molar-refractivity contribution in [3.8, 4) is 0 Å². The van der Waals surface area contributed by atoms with E-state index >= 15 is 0 Å². The van der Waals surface area contributed by atoms with Crippen LogP contribution in [0.1, 0.15) is 38.0 Å². The SMILES string of the molecule is CCNC(=O)c1ccccc1NC(=S)NC(=O)c1ccc(C(=O)OC)cc1. The normalized spacial score (nSPS) is 9.85. The maximum Gasteiger partial charge on any atom is 0.337 e. The van der Waals surface area contributed by atoms with Crippen molar-refractivity contribution in [2.75, 3.05) is 19.0 Å². The van der Waals surface area contributed by atoms with Crippen molar-refractivity contribution < 1.29 is 19.1 Å². The van der Waals surface area contributed by atoms with Gasteiger partial charge < -0.3 is 15.4 Å². The third-order valence-electron chi connectivity index (χ3n) is 3.55. The molecule has 0 aliphatic carbocycles. The van der Waals surface area contributed by atoms with Gasteiger partial charge in [0, 0.05) is 12.1 Å². The smallest absolute Gasteiger partial charge is 0.337 e. The van der Waals surface area contributed by atoms with Crippen LogP contribution in [0.15, 0.2) is 48.5 Å². The van der Waals surface area contributed by atoms with Gasteiger partial charge in [-0.05, 0) is 55.5 Å². The molecule has 3 N–H and O–H groups in total. The van der Waals surface area contributed by atoms with Crippen LogP contribution in [0, 0.1) is 0 Å². The molecule has 7 nitrogen and oxygen atoms in total. The molecular weight excluding hydrogens is 366 g/mol. The Kier molecular flexibility index (Phi) is 7.01. The van der Waals surface area contributed by atoms with Crippen LogP contribution in [-0.4, -0.2) is 36.6 Å². The topological polar surface area (TPSA) is 96.5 Å². The fourth-order valence-electron chi connectivity index (χ4n) is 2.25. The Balaban J connectivity index is 2.05. The van der Waals surface area contributed by atoms with Gasteiger partial charge in [-0.3, -0.25) is 14.9 Å². The fraction of sp³-hybridized carbons (Fsp3) is 0.158. The molecular formula is C19H19N3O4S. The number of ether oxygens (including phenoxy) is 1. The second kappa shape index (κ2) is 9.44. The number of carbonyl (C=O) groups excluding carboxylic acids is 3. The first-order chi connectivity index (χ1) is 13.0. The summed E-state index contributed by atoms with van der Waals surface area (Å²) in [6, 6.07) is 12.8. The molecule has 2 rings (SSSR count). The summed E-state index contributed by atoms with van der Waals surface area (Å²) in [5, 5.41) is 8.16. The van der Waals surface area contributed by atoms with E-state index in [1.54, 1.807) is 24.3 Å². The number of anilines is 1. The zero-order valence-corrected chi connectivity index (χ0v) is 15.7. The summed E-state index contributed by atoms with van der Waals surface area (Å²) in [4.78, 5) is 35.8. The molecule has 0 aliphatic rings. The summed E-state index contributed by atoms with van der Waals surface area (Å²) in [7, 11) is 1.28. The van der Waals surface area contributed by atoms with Crippen LogP contribution in [-0.2, 0) is 4.74 Å². The van der Waals surface area contributed by atoms with Crippen molar-refractivity contribution in [1.29, 1.82) is 0 Å². The van der Waals surface area contributed by atoms with Crippen molar-refractivity contribution in [3.05, 3.63) is 65.2 Å². The Morgan fingerprint density at radius 2 is 1.59 bits per heavy atom. The van der Waals surface area contributed by atoms with Gasteiger partial charge in [0.05, 0.1) is 23.9 Å². The molecule has 0 saturated carbocycles. The quantitative estimate of drug-likeness (QED) is 0.540. The van der Waals surface area contributed by atoms with Crippen LogP contribution in [0.3, 0.4) is 0 Å². The van der Waals surface area contributed by atoms with Crippen LogP contribution in [0.2, 0.25) is 0 Å². The van der Waals surface area contributed by atoms with Gasteiger partial charge >= 0.3 is 5.97 Å². The molecule has 0 aromatic heterocycles. The number of nitrogens with one attached hydrogen (secondary N) is 3. The summed E-state index contributed by atoms with van der Waals surface area (Å²) < 4.78 is 4.61. The van der Waals surface area contributed by atoms with Gasteiger partial charge in [0.1, 0.15) is 0 Å². The van der Waals surface area contributed by atoms with Crippen LogP contribution in [0.25, 0.3) is 0 Å². The number of carbonyl (C=O) groups is 3. The highest BCUT2D eigenvalue weighted by Crippen LogP contribution is 2.15. The highest BCUT2D eigenvalue weighted by atomic mass is 32.1. The molecule has 0 radical (unpaired) electrons. The van der Waals surface area contributed by atoms with Crippen molar-refractivity contribution in [2.24, 2.45) is 0 Å². The Labute approximate surface area is 162 Å². The number of hydrogen-bond donors (Lipinski definition) is 3. The number of amides is 2. The summed E-state index contributed by atoms with van der Waals surface area (Å²) in [6.07, 6.45) is 0. The number of benzene rings is 2. The summed E-state index contributed by atoms with van der Waals surface area (Å²) >= 11 is 5.16. The minimum atomic E-state index is -0.485. The van der Waals surface area contributed by atoms with Gasteiger partial charge in [-0.15, -0.1) is 0 Å². The number of methoxy groups -OCH3 is 1. The number of esters is 1. The van der Waals surface area contributed by atoms with E-state index in [0.717, 1.165) is 0 Å². The lowest BCUT2D eigenvalue weighted by molar-refractivity contribution is 0.0600. The Hall–Kier alpha value is -3.26. The van der Waals surface area contributed by atoms with Crippen LogP contribution in [0.4, 0.5) is 5.69 Å². The molecule has 0 fully saturated rings. The molecule has 0 aliphatic heterocycles. The predicted octanol–water partition coefficient (Wildman–Crippen LogP) is 2.35. The van der Waals surface area contributed by atoms with E-state index in [9.17, 15) is 14.4 Å². The predicted molar refractivity (Wildman–Crippen MR) is 106 cm³/mol. The molecule has 2 aromatic carbocycles. The largest absolute Gasteiger partial charge is 0.465 e. The Morgan fingerprint density at radius 3 is 2.22 bits per heavy atom. The minimum absolute atomic E-state index is 0.0498. The maximum atomic E-state index is 12.3. The van der Waals surface area contributed by atoms with E-state index in [1.165, 1.54) is 31.4 Å². The number of hydrogen-bond acceptors (Lipinski definition) is 5. The zero-order chi connectivity index (χ0) is 19.8. The van der Waals surface area contributed by atoms with Crippen molar-refractivity contribution in [3.63, 3.8) is 0 Å². The molecule has 0 unspecified atom stereocenters. The first-order valence-corrected chi connectivity index (χ1v) is 8.55. The Morgan fingerprint density at radius 1 is 0.963 bits per heavy atom. The minimum Gasteiger partial charge on any atom is -0.465 e. The van der Waals surface area contributed by atoms with Gasteiger partial charge in [0.2, 0.25) is 0 Å². The molecule has 0 bridgehead atoms. The molecule has 0 spiro atoms. The van der Waals surface area contributed by atoms with E-state index < -0.39 is 11.9 Å². The van der Waals surface area contributed by atoms with Crippen molar-refractivity contribution in [2.45, 2.75) is 6.92 Å². The zero-order valence-electron chi connectivity index (χ0n) is 14.9. The van der Waals surface area contributed by atoms with Crippen LogP contribution in [0.5, 0.6) is 0 Å². The highest BCUT2D eigenvalue weighted by molar-refractivity contribution is 7.80. The number of thiocarbonyl (C=S) groups is 1. The van der Waals surface area contributed by atoms with Gasteiger partial charge in [-0.2, -0.15) is 0 Å². The molecule has 0 atom stereocenters. The van der Waals surface area contributed by atoms with Gasteiger partial charge in [0.15, 0.2) is 5.11 Å². The first kappa shape index (κ1) is 20.1. The molecule has 2 amide bonds. The summed E-state index contributed by atoms with van der Waals surface area (Å²) in [6.45, 7) is 2.32. The summed E-state index contributed by atoms with van der Waals surface area (Å²) in [5.74, 6) is -1.17. The van der Waals surface area contributed by atoms with Crippen molar-refractivity contribution >= 4 is 40.8 Å². The second-order valence-electron chi connectivity index (χ2n) is 5.38. The Bertz CT molecular complexity index is 866. The molecule has 27 heavy (non-hydrogen) atoms. The van der Waals surface area contributed by atoms with E-state index in [1.807, 2.05) is 6.92 Å². The second-order valence-corrected chi connectivity index (χ2v) is 5.79. The lowest BCUT2D eigenvalue weighted by Gasteiger charge is -2.13. The van der Waals surface area contributed by atoms with E-state index in [2.05, 4.69) is 20.7 Å². The standard InChI is InChI=1S/C19H19N3O4S/c1-3-20-17(24)14-6-4-5-7-15(14)21-19(27)22-16(23)12-8-10-13(11-9-12)18(25)26-2/h4-11H,3H2,1-2H3,(H,20,24)(H2,21,22,23,27). The average Bonchev–Trinajstić information content (AvgIpc) is 2.68. The third-order valence-corrected chi connectivity index (χ3v) is 3.76. The van der Waals surface area contributed by atoms with Crippen LogP contribution < -0.4 is 16.0 Å². The fourth-order valence-corrected chi connectivity index (χ4v) is 2.45. The van der Waals surface area contributed by atoms with Gasteiger partial charge in [-0.1, -0.05) is 12.1 Å². The molecule has 0 saturated heterocycles. The molecule has 2 aromatic rings. The number of rotatable bonds is 5. The van der Waals surface area contributed by atoms with E-state index in [-0.39, 0.29) is 11.0 Å². The number of para-hydroxylation sites is 1. The first-order valence-electron chi connectivity index (χ1n) is 8.14. The van der Waals surface area contributed by atoms with Gasteiger partial charge in [-0.25, -0.2) is 4.79 Å². The third kappa shape index (κ3) is 5.35. The molecule has 8 heteroatoms. The van der Waals surface area contributed by atoms with Gasteiger partial charge in [0.25, 0.3) is 11.8 Å². The highest BCUT2D eigenvalue weighted by Gasteiger charge is 2.13. The lowest BCUT2D eigenvalue weighted by Crippen LogP contribution is -2.35. The molecule has 140 valence electrons. The summed E-state index contributed by atoms with van der Waals surface area (Å²) in [5.41, 5.74) is 1.56. The van der Waals surface area contributed by atoms with E-state index in [0.29, 0.717) is 28.9 Å². The van der Waals surface area contributed by atoms with E-state index in [4.69, 9.17) is 12.2 Å². The van der Waals surface area contributed by atoms with Crippen molar-refractivity contribution in [1.82, 2.24) is 10.6 Å². The maximum absolute atomic E-state index is 12.3. The van der Waals surface area contributed by atoms with Crippen LogP contribution >= 0.6 is 12.2 Å². The average molecular weight is 385 g/mol. The monoisotopic (exact) mass is 385 g/mol. The molecule has 0 heterocycles. The lowest BCUT2D eigenvalue weighted by atomic mass is 10.1.